The van der Waals surface area contributed by atoms with Crippen molar-refractivity contribution < 1.29 is 0 Å². The van der Waals surface area contributed by atoms with E-state index in [4.69, 9.17) is 0 Å². The Balaban J connectivity index is 1.48. The van der Waals surface area contributed by atoms with E-state index in [1.807, 2.05) is 12.1 Å². The van der Waals surface area contributed by atoms with Crippen molar-refractivity contribution >= 4 is 12.2 Å². The molecule has 1 fully saturated rings. The van der Waals surface area contributed by atoms with Crippen LogP contribution in [-0.2, 0) is 0 Å². The molecule has 0 spiro atoms. The Morgan fingerprint density at radius 1 is 0.636 bits per heavy atom. The molecule has 2 heteroatoms. The number of nitrogens with one attached hydrogen (secondary N) is 2. The third-order valence-corrected chi connectivity index (χ3v) is 3.84. The summed E-state index contributed by atoms with van der Waals surface area (Å²) in [6, 6.07) is 21.6. The fourth-order valence-corrected chi connectivity index (χ4v) is 2.56. The van der Waals surface area contributed by atoms with E-state index in [-0.39, 0.29) is 0 Å². The molecule has 0 aliphatic carbocycles. The number of piperazine rings is 1. The molecular weight excluding hydrogens is 268 g/mol. The van der Waals surface area contributed by atoms with Crippen molar-refractivity contribution in [2.24, 2.45) is 0 Å². The zero-order valence-electron chi connectivity index (χ0n) is 12.7. The standard InChI is InChI=1S/C20H22N2/c1-3-7-17(8-4-1)11-13-19-15-22-20(16-21-19)14-12-18-9-5-2-6-10-18/h1-14,19-22H,15-16H2. The van der Waals surface area contributed by atoms with Gasteiger partial charge in [-0.1, -0.05) is 85.0 Å². The lowest BCUT2D eigenvalue weighted by Gasteiger charge is -2.27. The highest BCUT2D eigenvalue weighted by atomic mass is 15.1. The topological polar surface area (TPSA) is 24.1 Å². The zero-order chi connectivity index (χ0) is 15.0. The zero-order valence-corrected chi connectivity index (χ0v) is 12.7. The van der Waals surface area contributed by atoms with Gasteiger partial charge in [0.15, 0.2) is 0 Å². The maximum atomic E-state index is 3.58. The Bertz CT molecular complexity index is 551. The first-order chi connectivity index (χ1) is 10.9. The molecular formula is C20H22N2. The summed E-state index contributed by atoms with van der Waals surface area (Å²) < 4.78 is 0. The van der Waals surface area contributed by atoms with Crippen molar-refractivity contribution in [3.63, 3.8) is 0 Å². The second kappa shape index (κ2) is 7.74. The van der Waals surface area contributed by atoms with Crippen LogP contribution < -0.4 is 10.6 Å². The van der Waals surface area contributed by atoms with Crippen LogP contribution in [0.15, 0.2) is 72.8 Å². The van der Waals surface area contributed by atoms with Crippen molar-refractivity contribution in [3.05, 3.63) is 83.9 Å². The number of hydrogen-bond donors (Lipinski definition) is 2. The van der Waals surface area contributed by atoms with Gasteiger partial charge in [0.25, 0.3) is 0 Å². The molecule has 2 nitrogen and oxygen atoms in total. The fourth-order valence-electron chi connectivity index (χ4n) is 2.56. The first kappa shape index (κ1) is 14.8. The molecule has 2 unspecified atom stereocenters. The minimum atomic E-state index is 0.390. The van der Waals surface area contributed by atoms with E-state index in [2.05, 4.69) is 83.5 Å². The van der Waals surface area contributed by atoms with E-state index in [0.29, 0.717) is 12.1 Å². The summed E-state index contributed by atoms with van der Waals surface area (Å²) >= 11 is 0. The molecule has 1 aliphatic heterocycles. The fraction of sp³-hybridized carbons (Fsp3) is 0.200. The molecule has 2 aromatic carbocycles. The Hall–Kier alpha value is -2.16. The molecule has 112 valence electrons. The monoisotopic (exact) mass is 290 g/mol. The van der Waals surface area contributed by atoms with Gasteiger partial charge in [0.1, 0.15) is 0 Å². The molecule has 2 N–H and O–H groups in total. The lowest BCUT2D eigenvalue weighted by atomic mass is 10.1. The van der Waals surface area contributed by atoms with Crippen LogP contribution in [0.1, 0.15) is 11.1 Å². The molecule has 0 bridgehead atoms. The van der Waals surface area contributed by atoms with Crippen molar-refractivity contribution in [2.45, 2.75) is 12.1 Å². The Kier molecular flexibility index (Phi) is 5.19. The smallest absolute Gasteiger partial charge is 0.0380 e. The van der Waals surface area contributed by atoms with Crippen LogP contribution in [0.25, 0.3) is 12.2 Å². The highest BCUT2D eigenvalue weighted by Crippen LogP contribution is 2.06. The van der Waals surface area contributed by atoms with Gasteiger partial charge in [0.2, 0.25) is 0 Å². The first-order valence-corrected chi connectivity index (χ1v) is 7.83. The van der Waals surface area contributed by atoms with Crippen LogP contribution in [0.5, 0.6) is 0 Å². The molecule has 1 aliphatic rings. The summed E-state index contributed by atoms with van der Waals surface area (Å²) in [5.41, 5.74) is 2.49. The van der Waals surface area contributed by atoms with Crippen LogP contribution in [0.3, 0.4) is 0 Å². The van der Waals surface area contributed by atoms with Crippen molar-refractivity contribution in [3.8, 4) is 0 Å². The minimum Gasteiger partial charge on any atom is -0.307 e. The van der Waals surface area contributed by atoms with Crippen LogP contribution in [0.4, 0.5) is 0 Å². The van der Waals surface area contributed by atoms with Crippen LogP contribution >= 0.6 is 0 Å². The lowest BCUT2D eigenvalue weighted by molar-refractivity contribution is 0.422. The van der Waals surface area contributed by atoms with Gasteiger partial charge < -0.3 is 10.6 Å². The van der Waals surface area contributed by atoms with Gasteiger partial charge in [-0.15, -0.1) is 0 Å². The van der Waals surface area contributed by atoms with Gasteiger partial charge >= 0.3 is 0 Å². The molecule has 3 rings (SSSR count). The van der Waals surface area contributed by atoms with E-state index in [1.54, 1.807) is 0 Å². The quantitative estimate of drug-likeness (QED) is 0.902. The maximum absolute atomic E-state index is 3.58. The van der Waals surface area contributed by atoms with Crippen LogP contribution in [0.2, 0.25) is 0 Å². The Morgan fingerprint density at radius 3 is 1.41 bits per heavy atom. The Labute approximate surface area is 132 Å². The predicted molar refractivity (Wildman–Crippen MR) is 94.5 cm³/mol. The number of benzene rings is 2. The van der Waals surface area contributed by atoms with Crippen molar-refractivity contribution in [1.29, 1.82) is 0 Å². The largest absolute Gasteiger partial charge is 0.307 e. The Morgan fingerprint density at radius 2 is 1.05 bits per heavy atom. The summed E-state index contributed by atoms with van der Waals surface area (Å²) in [5, 5.41) is 7.15. The van der Waals surface area contributed by atoms with Gasteiger partial charge in [-0.2, -0.15) is 0 Å². The average molecular weight is 290 g/mol. The van der Waals surface area contributed by atoms with Crippen LogP contribution in [0, 0.1) is 0 Å². The van der Waals surface area contributed by atoms with E-state index in [9.17, 15) is 0 Å². The molecule has 0 amide bonds. The first-order valence-electron chi connectivity index (χ1n) is 7.83. The van der Waals surface area contributed by atoms with Crippen LogP contribution in [-0.4, -0.2) is 25.2 Å². The molecule has 0 aromatic heterocycles. The second-order valence-electron chi connectivity index (χ2n) is 5.57. The molecule has 2 aromatic rings. The molecule has 0 saturated carbocycles. The third-order valence-electron chi connectivity index (χ3n) is 3.84. The second-order valence-corrected chi connectivity index (χ2v) is 5.57. The lowest BCUT2D eigenvalue weighted by Crippen LogP contribution is -2.52. The summed E-state index contributed by atoms with van der Waals surface area (Å²) in [7, 11) is 0. The minimum absolute atomic E-state index is 0.390. The van der Waals surface area contributed by atoms with Crippen molar-refractivity contribution in [1.82, 2.24) is 10.6 Å². The normalized spacial score (nSPS) is 22.4. The molecule has 1 saturated heterocycles. The highest BCUT2D eigenvalue weighted by molar-refractivity contribution is 5.50. The SMILES string of the molecule is C(=CC1CNC(C=Cc2ccccc2)CN1)c1ccccc1. The van der Waals surface area contributed by atoms with E-state index in [1.165, 1.54) is 11.1 Å². The highest BCUT2D eigenvalue weighted by Gasteiger charge is 2.15. The van der Waals surface area contributed by atoms with E-state index < -0.39 is 0 Å². The molecule has 1 heterocycles. The van der Waals surface area contributed by atoms with Crippen molar-refractivity contribution in [2.75, 3.05) is 13.1 Å². The molecule has 0 radical (unpaired) electrons. The van der Waals surface area contributed by atoms with Gasteiger partial charge in [-0.3, -0.25) is 0 Å². The molecule has 22 heavy (non-hydrogen) atoms. The summed E-state index contributed by atoms with van der Waals surface area (Å²) in [4.78, 5) is 0. The summed E-state index contributed by atoms with van der Waals surface area (Å²) in [6.45, 7) is 1.90. The van der Waals surface area contributed by atoms with E-state index in [0.717, 1.165) is 13.1 Å². The maximum Gasteiger partial charge on any atom is 0.0380 e. The van der Waals surface area contributed by atoms with E-state index >= 15 is 0 Å². The summed E-state index contributed by atoms with van der Waals surface area (Å²) in [6.07, 6.45) is 8.83. The van der Waals surface area contributed by atoms with Gasteiger partial charge in [-0.05, 0) is 11.1 Å². The van der Waals surface area contributed by atoms with Gasteiger partial charge in [-0.25, -0.2) is 0 Å². The number of hydrogen-bond acceptors (Lipinski definition) is 2. The third kappa shape index (κ3) is 4.42. The summed E-state index contributed by atoms with van der Waals surface area (Å²) in [5.74, 6) is 0. The molecule has 2 atom stereocenters. The number of rotatable bonds is 4. The predicted octanol–water partition coefficient (Wildman–Crippen LogP) is 3.34. The van der Waals surface area contributed by atoms with Gasteiger partial charge in [0, 0.05) is 25.2 Å². The van der Waals surface area contributed by atoms with Gasteiger partial charge in [0.05, 0.1) is 0 Å². The average Bonchev–Trinajstić information content (AvgIpc) is 2.61.